The molecule has 1 aliphatic rings. The number of benzene rings is 2. The Balaban J connectivity index is 0.000000537. The summed E-state index contributed by atoms with van der Waals surface area (Å²) in [6, 6.07) is 15.0. The molecular weight excluding hydrogens is 420 g/mol. The van der Waals surface area contributed by atoms with Crippen LogP contribution in [0.15, 0.2) is 48.5 Å². The van der Waals surface area contributed by atoms with Crippen LogP contribution in [0.4, 0.5) is 10.5 Å². The number of cyclic esters (lactones) is 1. The molecule has 0 aromatic heterocycles. The number of nitrogens with one attached hydrogen (secondary N) is 1. The summed E-state index contributed by atoms with van der Waals surface area (Å²) in [5, 5.41) is 3.70. The molecule has 0 bridgehead atoms. The summed E-state index contributed by atoms with van der Waals surface area (Å²) in [5.41, 5.74) is 1.80. The molecule has 2 N–H and O–H groups in total. The fourth-order valence-corrected chi connectivity index (χ4v) is 2.79. The highest BCUT2D eigenvalue weighted by Gasteiger charge is 2.31. The maximum atomic E-state index is 11.9. The Kier molecular flexibility index (Phi) is 8.27. The van der Waals surface area contributed by atoms with Gasteiger partial charge in [-0.05, 0) is 49.0 Å². The number of carbonyl (C=O) groups is 1. The second-order valence-corrected chi connectivity index (χ2v) is 8.22. The minimum absolute atomic E-state index is 0.124. The molecule has 1 atom stereocenters. The molecule has 1 amide bonds. The molecule has 0 saturated carbocycles. The molecule has 29 heavy (non-hydrogen) atoms. The monoisotopic (exact) mass is 442 g/mol. The summed E-state index contributed by atoms with van der Waals surface area (Å²) < 4.78 is 36.9. The first-order chi connectivity index (χ1) is 13.7. The molecule has 8 nitrogen and oxygen atoms in total. The molecular formula is C19H23ClN2O6S. The van der Waals surface area contributed by atoms with E-state index in [4.69, 9.17) is 25.6 Å². The molecule has 3 rings (SSSR count). The van der Waals surface area contributed by atoms with Crippen LogP contribution < -0.4 is 15.0 Å². The van der Waals surface area contributed by atoms with E-state index >= 15 is 0 Å². The van der Waals surface area contributed by atoms with E-state index in [9.17, 15) is 13.2 Å². The Morgan fingerprint density at radius 3 is 2.52 bits per heavy atom. The fraction of sp³-hybridized carbons (Fsp3) is 0.316. The molecule has 0 radical (unpaired) electrons. The quantitative estimate of drug-likeness (QED) is 0.662. The predicted octanol–water partition coefficient (Wildman–Crippen LogP) is 2.97. The molecule has 158 valence electrons. The van der Waals surface area contributed by atoms with Crippen molar-refractivity contribution in [1.82, 2.24) is 5.32 Å². The van der Waals surface area contributed by atoms with Crippen LogP contribution in [0.25, 0.3) is 0 Å². The van der Waals surface area contributed by atoms with E-state index in [0.29, 0.717) is 31.0 Å². The molecule has 1 heterocycles. The number of halogens is 1. The number of amides is 1. The zero-order chi connectivity index (χ0) is 21.4. The van der Waals surface area contributed by atoms with E-state index in [1.54, 1.807) is 4.90 Å². The maximum absolute atomic E-state index is 11.9. The van der Waals surface area contributed by atoms with Gasteiger partial charge < -0.3 is 14.8 Å². The number of hydrogen-bond donors (Lipinski definition) is 2. The van der Waals surface area contributed by atoms with Crippen LogP contribution in [0, 0.1) is 0 Å². The Bertz CT molecular complexity index is 913. The average molecular weight is 443 g/mol. The molecule has 0 spiro atoms. The number of likely N-dealkylation sites (N-methyl/N-ethyl adjacent to an activating group) is 1. The smallest absolute Gasteiger partial charge is 0.414 e. The van der Waals surface area contributed by atoms with Gasteiger partial charge in [-0.25, -0.2) is 4.79 Å². The first-order valence-electron chi connectivity index (χ1n) is 8.68. The van der Waals surface area contributed by atoms with Crippen molar-refractivity contribution < 1.29 is 27.2 Å². The third-order valence-corrected chi connectivity index (χ3v) is 3.98. The lowest BCUT2D eigenvalue weighted by Crippen LogP contribution is -2.28. The van der Waals surface area contributed by atoms with Crippen LogP contribution in [0.3, 0.4) is 0 Å². The summed E-state index contributed by atoms with van der Waals surface area (Å²) >= 11 is 5.96. The molecule has 1 fully saturated rings. The van der Waals surface area contributed by atoms with Crippen molar-refractivity contribution in [2.75, 3.05) is 31.3 Å². The predicted molar refractivity (Wildman–Crippen MR) is 111 cm³/mol. The van der Waals surface area contributed by atoms with E-state index in [1.807, 2.05) is 55.6 Å². The average Bonchev–Trinajstić information content (AvgIpc) is 3.00. The second-order valence-electron chi connectivity index (χ2n) is 6.32. The summed E-state index contributed by atoms with van der Waals surface area (Å²) in [5.74, 6) is 0.734. The van der Waals surface area contributed by atoms with Crippen LogP contribution in [-0.4, -0.2) is 51.6 Å². The van der Waals surface area contributed by atoms with Gasteiger partial charge >= 0.3 is 6.09 Å². The van der Waals surface area contributed by atoms with Crippen LogP contribution in [0.5, 0.6) is 5.75 Å². The molecule has 0 aliphatic carbocycles. The first-order valence-corrected chi connectivity index (χ1v) is 10.9. The minimum atomic E-state index is -3.67. The maximum Gasteiger partial charge on any atom is 0.414 e. The summed E-state index contributed by atoms with van der Waals surface area (Å²) in [6.07, 6.45) is 0.275. The van der Waals surface area contributed by atoms with Gasteiger partial charge in [0.25, 0.3) is 10.1 Å². The van der Waals surface area contributed by atoms with Crippen molar-refractivity contribution in [3.8, 4) is 5.75 Å². The minimum Gasteiger partial charge on any atom is -0.489 e. The number of hydrogen-bond acceptors (Lipinski definition) is 6. The highest BCUT2D eigenvalue weighted by Crippen LogP contribution is 2.24. The molecule has 2 aromatic carbocycles. The van der Waals surface area contributed by atoms with Crippen molar-refractivity contribution in [3.05, 3.63) is 59.1 Å². The van der Waals surface area contributed by atoms with E-state index in [-0.39, 0.29) is 12.2 Å². The third-order valence-electron chi connectivity index (χ3n) is 3.75. The van der Waals surface area contributed by atoms with Gasteiger partial charge in [-0.2, -0.15) is 8.42 Å². The van der Waals surface area contributed by atoms with Crippen molar-refractivity contribution in [2.45, 2.75) is 12.7 Å². The molecule has 1 saturated heterocycles. The standard InChI is InChI=1S/C18H19ClN2O3.CH4O3S/c1-20-10-17-11-21(18(22)24-17)15-5-7-16(8-6-15)23-12-13-3-2-4-14(19)9-13;1-5(2,3)4/h2-9,17,20H,10-12H2,1H3;1H3,(H,2,3,4)/t17-;/m1./s1. The topological polar surface area (TPSA) is 105 Å². The number of ether oxygens (including phenoxy) is 2. The molecule has 2 aromatic rings. The summed E-state index contributed by atoms with van der Waals surface area (Å²) in [4.78, 5) is 13.5. The van der Waals surface area contributed by atoms with Crippen molar-refractivity contribution in [1.29, 1.82) is 0 Å². The fourth-order valence-electron chi connectivity index (χ4n) is 2.58. The Hall–Kier alpha value is -2.33. The van der Waals surface area contributed by atoms with Gasteiger partial charge in [0.05, 0.1) is 12.8 Å². The van der Waals surface area contributed by atoms with Gasteiger partial charge in [-0.15, -0.1) is 0 Å². The van der Waals surface area contributed by atoms with E-state index in [0.717, 1.165) is 17.0 Å². The van der Waals surface area contributed by atoms with Crippen LogP contribution in [0.2, 0.25) is 5.02 Å². The number of anilines is 1. The Labute approximate surface area is 175 Å². The Morgan fingerprint density at radius 1 is 1.28 bits per heavy atom. The SMILES string of the molecule is CNC[C@@H]1CN(c2ccc(OCc3cccc(Cl)c3)cc2)C(=O)O1.CS(=O)(=O)O. The summed E-state index contributed by atoms with van der Waals surface area (Å²) in [7, 11) is -1.83. The zero-order valence-electron chi connectivity index (χ0n) is 16.0. The van der Waals surface area contributed by atoms with Gasteiger partial charge in [0, 0.05) is 17.3 Å². The Morgan fingerprint density at radius 2 is 1.93 bits per heavy atom. The lowest BCUT2D eigenvalue weighted by molar-refractivity contribution is 0.141. The van der Waals surface area contributed by atoms with Gasteiger partial charge in [-0.3, -0.25) is 9.45 Å². The third kappa shape index (κ3) is 8.28. The van der Waals surface area contributed by atoms with Crippen LogP contribution in [-0.2, 0) is 21.5 Å². The van der Waals surface area contributed by atoms with Gasteiger partial charge in [0.15, 0.2) is 0 Å². The highest BCUT2D eigenvalue weighted by molar-refractivity contribution is 7.85. The summed E-state index contributed by atoms with van der Waals surface area (Å²) in [6.45, 7) is 1.63. The van der Waals surface area contributed by atoms with Crippen molar-refractivity contribution in [2.24, 2.45) is 0 Å². The van der Waals surface area contributed by atoms with Crippen molar-refractivity contribution in [3.63, 3.8) is 0 Å². The lowest BCUT2D eigenvalue weighted by atomic mass is 10.2. The number of carbonyl (C=O) groups excluding carboxylic acids is 1. The van der Waals surface area contributed by atoms with E-state index in [2.05, 4.69) is 5.32 Å². The van der Waals surface area contributed by atoms with Crippen LogP contribution in [0.1, 0.15) is 5.56 Å². The van der Waals surface area contributed by atoms with Gasteiger partial charge in [0.2, 0.25) is 0 Å². The van der Waals surface area contributed by atoms with Crippen LogP contribution >= 0.6 is 11.6 Å². The van der Waals surface area contributed by atoms with Gasteiger partial charge in [-0.1, -0.05) is 23.7 Å². The highest BCUT2D eigenvalue weighted by atomic mass is 35.5. The first kappa shape index (κ1) is 23.0. The second kappa shape index (κ2) is 10.4. The number of nitrogens with zero attached hydrogens (tertiary/aromatic N) is 1. The van der Waals surface area contributed by atoms with E-state index in [1.165, 1.54) is 0 Å². The number of rotatable bonds is 6. The largest absolute Gasteiger partial charge is 0.489 e. The molecule has 1 aliphatic heterocycles. The van der Waals surface area contributed by atoms with Crippen molar-refractivity contribution >= 4 is 33.5 Å². The normalized spacial score (nSPS) is 16.1. The lowest BCUT2D eigenvalue weighted by Gasteiger charge is -2.14. The van der Waals surface area contributed by atoms with E-state index < -0.39 is 10.1 Å². The molecule has 10 heteroatoms. The van der Waals surface area contributed by atoms with Gasteiger partial charge in [0.1, 0.15) is 18.5 Å². The zero-order valence-corrected chi connectivity index (χ0v) is 17.6. The molecule has 0 unspecified atom stereocenters.